The third-order valence-electron chi connectivity index (χ3n) is 4.93. The number of H-pyrrole nitrogens is 1. The molecule has 0 aliphatic heterocycles. The minimum absolute atomic E-state index is 0.159. The quantitative estimate of drug-likeness (QED) is 0.0648. The molecule has 4 N–H and O–H groups in total. The molecule has 39 heavy (non-hydrogen) atoms. The van der Waals surface area contributed by atoms with E-state index in [1.54, 1.807) is 12.1 Å². The van der Waals surface area contributed by atoms with Crippen molar-refractivity contribution in [1.82, 2.24) is 9.55 Å². The fraction of sp³-hybridized carbons (Fsp3) is 0.208. The lowest BCUT2D eigenvalue weighted by Gasteiger charge is -2.18. The number of esters is 2. The summed E-state index contributed by atoms with van der Waals surface area (Å²) in [6.07, 6.45) is -3.58. The predicted molar refractivity (Wildman–Crippen MR) is 136 cm³/mol. The highest BCUT2D eigenvalue weighted by atomic mass is 35.5. The molecule has 2 unspecified atom stereocenters. The van der Waals surface area contributed by atoms with Gasteiger partial charge in [0.25, 0.3) is 5.56 Å². The highest BCUT2D eigenvalue weighted by molar-refractivity contribution is 6.37. The van der Waals surface area contributed by atoms with Crippen molar-refractivity contribution in [3.63, 3.8) is 0 Å². The summed E-state index contributed by atoms with van der Waals surface area (Å²) in [5, 5.41) is 33.0. The lowest BCUT2D eigenvalue weighted by Crippen LogP contribution is -2.35. The third kappa shape index (κ3) is 8.49. The molecule has 0 aliphatic rings. The van der Waals surface area contributed by atoms with E-state index in [0.717, 1.165) is 12.3 Å². The van der Waals surface area contributed by atoms with Gasteiger partial charge in [-0.05, 0) is 42.5 Å². The number of hydrogen-bond acceptors (Lipinski definition) is 11. The molecular formula is C24H21Cl2N3O10. The van der Waals surface area contributed by atoms with Gasteiger partial charge >= 0.3 is 17.6 Å². The molecule has 0 fully saturated rings. The maximum Gasteiger partial charge on any atom is 0.332 e. The van der Waals surface area contributed by atoms with E-state index < -0.39 is 42.5 Å². The van der Waals surface area contributed by atoms with Crippen LogP contribution in [-0.2, 0) is 19.1 Å². The minimum atomic E-state index is -1.97. The lowest BCUT2D eigenvalue weighted by atomic mass is 10.0. The molecule has 1 heterocycles. The first-order valence-electron chi connectivity index (χ1n) is 11.0. The van der Waals surface area contributed by atoms with Crippen molar-refractivity contribution in [3.8, 4) is 5.75 Å². The van der Waals surface area contributed by atoms with Crippen LogP contribution in [0.3, 0.4) is 0 Å². The molecule has 0 amide bonds. The van der Waals surface area contributed by atoms with Gasteiger partial charge in [-0.1, -0.05) is 28.4 Å². The number of aromatic amines is 1. The van der Waals surface area contributed by atoms with Crippen LogP contribution in [0.5, 0.6) is 5.75 Å². The number of ether oxygens (including phenoxy) is 3. The second kappa shape index (κ2) is 13.7. The largest absolute Gasteiger partial charge is 0.460 e. The number of nitrogens with zero attached hydrogens (tertiary/aromatic N) is 2. The first-order valence-corrected chi connectivity index (χ1v) is 11.8. The standard InChI is InChI=1S/C24H21Cl2N3O10/c25-14-3-6-16(17(26)11-14)22(28-36)13-1-4-15(5-2-13)38-20(32)8-7-19(31)37-12-21(33)39-24(35)29-10-9-18(30)27-23(29)34/h1-6,9-11,21,24,33,35-36H,7-8,12H2,(H,27,30,34)/b28-22-. The van der Waals surface area contributed by atoms with Crippen molar-refractivity contribution >= 4 is 40.9 Å². The number of rotatable bonds is 11. The number of hydrogen-bond donors (Lipinski definition) is 4. The predicted octanol–water partition coefficient (Wildman–Crippen LogP) is 1.78. The number of halogens is 2. The summed E-state index contributed by atoms with van der Waals surface area (Å²) < 4.78 is 15.3. The van der Waals surface area contributed by atoms with Crippen molar-refractivity contribution in [3.05, 3.63) is 96.7 Å². The lowest BCUT2D eigenvalue weighted by molar-refractivity contribution is -0.256. The Balaban J connectivity index is 1.44. The van der Waals surface area contributed by atoms with Gasteiger partial charge in [-0.3, -0.25) is 23.9 Å². The normalized spacial score (nSPS) is 13.0. The van der Waals surface area contributed by atoms with Crippen LogP contribution in [-0.4, -0.2) is 55.5 Å². The van der Waals surface area contributed by atoms with Crippen molar-refractivity contribution in [2.45, 2.75) is 25.5 Å². The van der Waals surface area contributed by atoms with E-state index in [0.29, 0.717) is 20.7 Å². The van der Waals surface area contributed by atoms with Gasteiger partial charge in [0.15, 0.2) is 6.29 Å². The Hall–Kier alpha value is -4.01. The number of benzene rings is 2. The summed E-state index contributed by atoms with van der Waals surface area (Å²) in [5.74, 6) is -1.46. The Morgan fingerprint density at radius 2 is 1.69 bits per heavy atom. The average Bonchev–Trinajstić information content (AvgIpc) is 2.88. The Labute approximate surface area is 229 Å². The number of nitrogens with one attached hydrogen (secondary N) is 1. The Bertz CT molecular complexity index is 1470. The average molecular weight is 582 g/mol. The number of oxime groups is 1. The van der Waals surface area contributed by atoms with Gasteiger partial charge in [0.1, 0.15) is 18.1 Å². The molecule has 3 rings (SSSR count). The summed E-state index contributed by atoms with van der Waals surface area (Å²) in [6, 6.07) is 11.6. The zero-order valence-electron chi connectivity index (χ0n) is 19.8. The molecule has 2 atom stereocenters. The first kappa shape index (κ1) is 29.5. The summed E-state index contributed by atoms with van der Waals surface area (Å²) in [5.41, 5.74) is -0.608. The van der Waals surface area contributed by atoms with Crippen molar-refractivity contribution < 1.29 is 39.2 Å². The fourth-order valence-electron chi connectivity index (χ4n) is 3.10. The van der Waals surface area contributed by atoms with Gasteiger partial charge in [0.2, 0.25) is 6.41 Å². The third-order valence-corrected chi connectivity index (χ3v) is 5.48. The molecule has 0 spiro atoms. The van der Waals surface area contributed by atoms with Crippen LogP contribution in [0.4, 0.5) is 0 Å². The minimum Gasteiger partial charge on any atom is -0.460 e. The SMILES string of the molecule is O=C(CCC(=O)Oc1ccc(/C(=N/O)c2ccc(Cl)cc2Cl)cc1)OCC(O)OC(O)n1ccc(=O)[nH]c1=O. The molecular weight excluding hydrogens is 561 g/mol. The fourth-order valence-corrected chi connectivity index (χ4v) is 3.60. The first-order chi connectivity index (χ1) is 18.6. The second-order valence-corrected chi connectivity index (χ2v) is 8.53. The number of aromatic nitrogens is 2. The van der Waals surface area contributed by atoms with E-state index in [9.17, 15) is 34.6 Å². The molecule has 0 saturated carbocycles. The van der Waals surface area contributed by atoms with E-state index >= 15 is 0 Å². The summed E-state index contributed by atoms with van der Waals surface area (Å²) in [7, 11) is 0. The Morgan fingerprint density at radius 1 is 1.00 bits per heavy atom. The highest BCUT2D eigenvalue weighted by Crippen LogP contribution is 2.25. The van der Waals surface area contributed by atoms with Gasteiger partial charge in [0.05, 0.1) is 17.9 Å². The van der Waals surface area contributed by atoms with Crippen LogP contribution in [0.25, 0.3) is 0 Å². The van der Waals surface area contributed by atoms with Gasteiger partial charge < -0.3 is 29.6 Å². The van der Waals surface area contributed by atoms with Crippen molar-refractivity contribution in [2.75, 3.05) is 6.61 Å². The van der Waals surface area contributed by atoms with E-state index in [4.69, 9.17) is 37.4 Å². The molecule has 1 aromatic heterocycles. The number of carbonyl (C=O) groups excluding carboxylic acids is 2. The Kier molecular flexibility index (Phi) is 10.4. The van der Waals surface area contributed by atoms with Gasteiger partial charge in [0, 0.05) is 28.4 Å². The maximum absolute atomic E-state index is 12.1. The van der Waals surface area contributed by atoms with Crippen molar-refractivity contribution in [2.24, 2.45) is 5.16 Å². The molecule has 0 bridgehead atoms. The number of aliphatic hydroxyl groups is 2. The number of carbonyl (C=O) groups is 2. The Morgan fingerprint density at radius 3 is 2.33 bits per heavy atom. The van der Waals surface area contributed by atoms with Crippen LogP contribution in [0.2, 0.25) is 10.0 Å². The van der Waals surface area contributed by atoms with Crippen LogP contribution in [0.1, 0.15) is 30.4 Å². The molecule has 13 nitrogen and oxygen atoms in total. The summed E-state index contributed by atoms with van der Waals surface area (Å²) >= 11 is 12.1. The van der Waals surface area contributed by atoms with E-state index in [2.05, 4.69) is 5.16 Å². The van der Waals surface area contributed by atoms with Gasteiger partial charge in [-0.25, -0.2) is 4.79 Å². The van der Waals surface area contributed by atoms with E-state index in [1.165, 1.54) is 30.3 Å². The van der Waals surface area contributed by atoms with Crippen molar-refractivity contribution in [1.29, 1.82) is 0 Å². The molecule has 2 aromatic carbocycles. The molecule has 0 aliphatic carbocycles. The summed E-state index contributed by atoms with van der Waals surface area (Å²) in [6.45, 7) is -0.711. The smallest absolute Gasteiger partial charge is 0.332 e. The highest BCUT2D eigenvalue weighted by Gasteiger charge is 2.18. The van der Waals surface area contributed by atoms with Crippen LogP contribution < -0.4 is 16.0 Å². The molecule has 15 heteroatoms. The van der Waals surface area contributed by atoms with Crippen LogP contribution in [0.15, 0.2) is 69.5 Å². The molecule has 206 valence electrons. The number of aliphatic hydroxyl groups excluding tert-OH is 2. The zero-order valence-corrected chi connectivity index (χ0v) is 21.3. The van der Waals surface area contributed by atoms with E-state index in [-0.39, 0.29) is 29.3 Å². The molecule has 3 aromatic rings. The molecule has 0 saturated heterocycles. The van der Waals surface area contributed by atoms with Crippen LogP contribution >= 0.6 is 23.2 Å². The van der Waals surface area contributed by atoms with Gasteiger partial charge in [-0.15, -0.1) is 0 Å². The summed E-state index contributed by atoms with van der Waals surface area (Å²) in [4.78, 5) is 48.5. The van der Waals surface area contributed by atoms with Gasteiger partial charge in [-0.2, -0.15) is 0 Å². The van der Waals surface area contributed by atoms with Crippen LogP contribution in [0, 0.1) is 0 Å². The monoisotopic (exact) mass is 581 g/mol. The molecule has 0 radical (unpaired) electrons. The zero-order chi connectivity index (χ0) is 28.5. The second-order valence-electron chi connectivity index (χ2n) is 7.69. The van der Waals surface area contributed by atoms with E-state index in [1.807, 2.05) is 4.98 Å². The topological polar surface area (TPSA) is 190 Å². The maximum atomic E-state index is 12.1.